The molecule has 0 saturated carbocycles. The van der Waals surface area contributed by atoms with E-state index < -0.39 is 124 Å². The van der Waals surface area contributed by atoms with E-state index in [2.05, 4.69) is 79.9 Å². The number of ether oxygens (including phenoxy) is 6. The van der Waals surface area contributed by atoms with Crippen molar-refractivity contribution in [1.82, 2.24) is 5.32 Å². The second-order valence-electron chi connectivity index (χ2n) is 32.0. The number of carbonyl (C=O) groups excluding carboxylic acids is 1. The molecular weight excluding hydrogens is 1390 g/mol. The number of unbranched alkanes of at least 4 members (excludes halogenated alkanes) is 47. The molecule has 0 aromatic carbocycles. The first kappa shape index (κ1) is 101. The highest BCUT2D eigenvalue weighted by molar-refractivity contribution is 5.76. The predicted molar refractivity (Wildman–Crippen MR) is 443 cm³/mol. The minimum absolute atomic E-state index is 0.237. The van der Waals surface area contributed by atoms with Gasteiger partial charge in [-0.1, -0.05) is 363 Å². The van der Waals surface area contributed by atoms with Crippen molar-refractivity contribution in [3.8, 4) is 0 Å². The molecular formula is C91H165NO18. The standard InChI is InChI=1S/C91H165NO18/c1-3-5-7-9-11-13-15-17-19-21-23-25-27-29-31-33-34-35-36-37-38-39-40-41-43-45-47-49-51-53-55-57-59-61-63-65-67-69-79(97)92-74(75(96)68-66-64-62-60-58-56-54-52-50-48-46-44-42-32-30-28-26-24-22-20-18-16-14-12-10-8-6-4-2)73-105-89-85(103)82(100)87(77(71-94)107-89)110-91-86(104)83(101)88(78(72-95)108-91)109-90-84(102)81(99)80(98)76(70-93)106-90/h5,7,11,13,17,19,23,25,58,60,66,68,74-78,80-91,93-96,98-104H,3-4,6,8-10,12,14-16,18,20-22,24,26-57,59,61-65,67,69-73H2,1-2H3,(H,92,97)/b7-5-,13-11-,19-17-,25-23-,60-58+,68-66+. The summed E-state index contributed by atoms with van der Waals surface area (Å²) in [5.41, 5.74) is 0. The van der Waals surface area contributed by atoms with Crippen LogP contribution in [0.2, 0.25) is 0 Å². The molecule has 0 aromatic rings. The highest BCUT2D eigenvalue weighted by Crippen LogP contribution is 2.34. The lowest BCUT2D eigenvalue weighted by atomic mass is 9.96. The SMILES string of the molecule is CC/C=C\C/C=C\C/C=C\C/C=C\CCCCCCCCCCCCCCCCCCCCCCCCCCC(=O)NC(COC1OC(CO)C(OC2OC(CO)C(OC3OC(CO)C(O)C(O)C3O)C(O)C2O)C(O)C1O)C(O)/C=C/CC/C=C/CCCCCCCCCCCCCCCCCCCCCCCC. The van der Waals surface area contributed by atoms with Gasteiger partial charge in [-0.25, -0.2) is 0 Å². The molecule has 0 aliphatic carbocycles. The van der Waals surface area contributed by atoms with E-state index in [9.17, 15) is 61.0 Å². The number of hydrogen-bond acceptors (Lipinski definition) is 18. The first-order chi connectivity index (χ1) is 53.8. The number of amides is 1. The van der Waals surface area contributed by atoms with Gasteiger partial charge in [-0.2, -0.15) is 0 Å². The summed E-state index contributed by atoms with van der Waals surface area (Å²) in [5.74, 6) is -0.279. The van der Waals surface area contributed by atoms with E-state index in [4.69, 9.17) is 28.4 Å². The topological polar surface area (TPSA) is 307 Å². The van der Waals surface area contributed by atoms with E-state index in [-0.39, 0.29) is 18.9 Å². The molecule has 3 aliphatic rings. The average molecular weight is 1560 g/mol. The van der Waals surface area contributed by atoms with Crippen molar-refractivity contribution < 1.29 is 89.4 Å². The van der Waals surface area contributed by atoms with Crippen molar-refractivity contribution in [2.45, 2.75) is 471 Å². The van der Waals surface area contributed by atoms with Crippen molar-refractivity contribution in [3.05, 3.63) is 72.9 Å². The third kappa shape index (κ3) is 48.7. The van der Waals surface area contributed by atoms with Gasteiger partial charge in [0.25, 0.3) is 0 Å². The monoisotopic (exact) mass is 1560 g/mol. The van der Waals surface area contributed by atoms with E-state index in [0.29, 0.717) is 12.8 Å². The van der Waals surface area contributed by atoms with Crippen molar-refractivity contribution in [2.24, 2.45) is 0 Å². The fraction of sp³-hybridized carbons (Fsp3) is 0.857. The second kappa shape index (κ2) is 70.4. The molecule has 0 radical (unpaired) electrons. The first-order valence-electron chi connectivity index (χ1n) is 45.2. The van der Waals surface area contributed by atoms with E-state index in [1.54, 1.807) is 6.08 Å². The zero-order valence-electron chi connectivity index (χ0n) is 69.2. The van der Waals surface area contributed by atoms with Gasteiger partial charge < -0.3 is 89.9 Å². The van der Waals surface area contributed by atoms with Crippen LogP contribution in [0.25, 0.3) is 0 Å². The third-order valence-electron chi connectivity index (χ3n) is 22.2. The lowest BCUT2D eigenvalue weighted by Gasteiger charge is -2.48. The lowest BCUT2D eigenvalue weighted by Crippen LogP contribution is -2.66. The Labute approximate surface area is 668 Å². The van der Waals surface area contributed by atoms with Gasteiger partial charge >= 0.3 is 0 Å². The third-order valence-corrected chi connectivity index (χ3v) is 22.2. The number of carbonyl (C=O) groups is 1. The smallest absolute Gasteiger partial charge is 0.220 e. The summed E-state index contributed by atoms with van der Waals surface area (Å²) in [5, 5.41) is 121. The normalized spacial score (nSPS) is 25.5. The Kier molecular flexibility index (Phi) is 64.9. The summed E-state index contributed by atoms with van der Waals surface area (Å²) in [4.78, 5) is 13.5. The number of aliphatic hydroxyl groups excluding tert-OH is 11. The van der Waals surface area contributed by atoms with Gasteiger partial charge in [0, 0.05) is 6.42 Å². The minimum atomic E-state index is -1.98. The largest absolute Gasteiger partial charge is 0.394 e. The molecule has 110 heavy (non-hydrogen) atoms. The van der Waals surface area contributed by atoms with Gasteiger partial charge in [-0.05, 0) is 70.6 Å². The summed E-state index contributed by atoms with van der Waals surface area (Å²) in [6.07, 6.45) is 67.8. The fourth-order valence-corrected chi connectivity index (χ4v) is 15.1. The zero-order valence-corrected chi connectivity index (χ0v) is 69.2. The summed E-state index contributed by atoms with van der Waals surface area (Å²) in [7, 11) is 0. The predicted octanol–water partition coefficient (Wildman–Crippen LogP) is 17.1. The van der Waals surface area contributed by atoms with Crippen LogP contribution in [0, 0.1) is 0 Å². The second-order valence-corrected chi connectivity index (χ2v) is 32.0. The Morgan fingerprint density at radius 1 is 0.336 bits per heavy atom. The maximum Gasteiger partial charge on any atom is 0.220 e. The molecule has 642 valence electrons. The van der Waals surface area contributed by atoms with Crippen LogP contribution in [-0.2, 0) is 33.2 Å². The van der Waals surface area contributed by atoms with Crippen LogP contribution in [0.4, 0.5) is 0 Å². The Morgan fingerprint density at radius 2 is 0.636 bits per heavy atom. The minimum Gasteiger partial charge on any atom is -0.394 e. The maximum atomic E-state index is 13.5. The Bertz CT molecular complexity index is 2270. The van der Waals surface area contributed by atoms with Crippen molar-refractivity contribution in [2.75, 3.05) is 26.4 Å². The molecule has 3 aliphatic heterocycles. The van der Waals surface area contributed by atoms with Crippen LogP contribution >= 0.6 is 0 Å². The molecule has 17 atom stereocenters. The van der Waals surface area contributed by atoms with Crippen LogP contribution in [0.3, 0.4) is 0 Å². The number of nitrogens with one attached hydrogen (secondary N) is 1. The van der Waals surface area contributed by atoms with Crippen molar-refractivity contribution in [3.63, 3.8) is 0 Å². The van der Waals surface area contributed by atoms with E-state index in [0.717, 1.165) is 64.2 Å². The van der Waals surface area contributed by atoms with Crippen LogP contribution in [0.1, 0.15) is 367 Å². The molecule has 3 heterocycles. The maximum absolute atomic E-state index is 13.5. The van der Waals surface area contributed by atoms with Crippen LogP contribution in [-0.4, -0.2) is 193 Å². The van der Waals surface area contributed by atoms with Crippen molar-refractivity contribution >= 4 is 5.91 Å². The van der Waals surface area contributed by atoms with E-state index in [1.807, 2.05) is 6.08 Å². The molecule has 3 fully saturated rings. The van der Waals surface area contributed by atoms with Gasteiger partial charge in [0.2, 0.25) is 5.91 Å². The molecule has 0 aromatic heterocycles. The summed E-state index contributed by atoms with van der Waals surface area (Å²) in [6, 6.07) is -0.993. The van der Waals surface area contributed by atoms with Gasteiger partial charge in [-0.15, -0.1) is 0 Å². The van der Waals surface area contributed by atoms with E-state index >= 15 is 0 Å². The number of hydrogen-bond donors (Lipinski definition) is 12. The lowest BCUT2D eigenvalue weighted by molar-refractivity contribution is -0.379. The Hall–Kier alpha value is -2.77. The van der Waals surface area contributed by atoms with Gasteiger partial charge in [0.05, 0.1) is 38.6 Å². The van der Waals surface area contributed by atoms with Gasteiger partial charge in [-0.3, -0.25) is 4.79 Å². The molecule has 19 heteroatoms. The molecule has 3 saturated heterocycles. The molecule has 12 N–H and O–H groups in total. The Balaban J connectivity index is 1.32. The van der Waals surface area contributed by atoms with Gasteiger partial charge in [0.15, 0.2) is 18.9 Å². The van der Waals surface area contributed by atoms with Crippen LogP contribution < -0.4 is 5.32 Å². The highest BCUT2D eigenvalue weighted by atomic mass is 16.8. The quantitative estimate of drug-likeness (QED) is 0.0199. The van der Waals surface area contributed by atoms with Crippen LogP contribution in [0.5, 0.6) is 0 Å². The zero-order chi connectivity index (χ0) is 79.5. The highest BCUT2D eigenvalue weighted by Gasteiger charge is 2.54. The summed E-state index contributed by atoms with van der Waals surface area (Å²) >= 11 is 0. The molecule has 3 rings (SSSR count). The van der Waals surface area contributed by atoms with E-state index in [1.165, 1.54) is 270 Å². The molecule has 19 nitrogen and oxygen atoms in total. The molecule has 0 spiro atoms. The first-order valence-corrected chi connectivity index (χ1v) is 45.2. The van der Waals surface area contributed by atoms with Crippen LogP contribution in [0.15, 0.2) is 72.9 Å². The molecule has 0 bridgehead atoms. The Morgan fingerprint density at radius 3 is 1.02 bits per heavy atom. The molecule has 17 unspecified atom stereocenters. The number of rotatable bonds is 73. The average Bonchev–Trinajstić information content (AvgIpc) is 0.784. The number of allylic oxidation sites excluding steroid dienone is 11. The van der Waals surface area contributed by atoms with Crippen molar-refractivity contribution in [1.29, 1.82) is 0 Å². The fourth-order valence-electron chi connectivity index (χ4n) is 15.1. The molecule has 1 amide bonds. The summed E-state index contributed by atoms with van der Waals surface area (Å²) < 4.78 is 34.5. The van der Waals surface area contributed by atoms with Gasteiger partial charge in [0.1, 0.15) is 73.2 Å². The summed E-state index contributed by atoms with van der Waals surface area (Å²) in [6.45, 7) is 1.66. The number of aliphatic hydroxyl groups is 11.